The number of aromatic nitrogens is 1. The van der Waals surface area contributed by atoms with E-state index in [2.05, 4.69) is 36.2 Å². The largest absolute Gasteiger partial charge is 0.228 e. The van der Waals surface area contributed by atoms with Gasteiger partial charge in [0.05, 0.1) is 0 Å². The Labute approximate surface area is 126 Å². The van der Waals surface area contributed by atoms with Crippen LogP contribution in [-0.2, 0) is 0 Å². The molecule has 110 valence electrons. The zero-order chi connectivity index (χ0) is 14.7. The minimum atomic E-state index is -0.428. The van der Waals surface area contributed by atoms with E-state index in [0.717, 1.165) is 17.0 Å². The zero-order valence-electron chi connectivity index (χ0n) is 12.6. The van der Waals surface area contributed by atoms with Crippen LogP contribution >= 0.6 is 0 Å². The summed E-state index contributed by atoms with van der Waals surface area (Å²) in [6.07, 6.45) is 8.28. The van der Waals surface area contributed by atoms with Crippen LogP contribution < -0.4 is 0 Å². The second-order valence-electron chi connectivity index (χ2n) is 6.12. The molecule has 1 fully saturated rings. The summed E-state index contributed by atoms with van der Waals surface area (Å²) in [7, 11) is 0. The van der Waals surface area contributed by atoms with E-state index in [-0.39, 0.29) is 0 Å². The van der Waals surface area contributed by atoms with Crippen molar-refractivity contribution in [2.75, 3.05) is 0 Å². The van der Waals surface area contributed by atoms with Gasteiger partial charge in [-0.3, -0.25) is 0 Å². The molecule has 1 aliphatic rings. The van der Waals surface area contributed by atoms with E-state index in [9.17, 15) is 4.39 Å². The number of benzene rings is 1. The van der Waals surface area contributed by atoms with Crippen molar-refractivity contribution in [3.63, 3.8) is 0 Å². The van der Waals surface area contributed by atoms with Gasteiger partial charge in [-0.25, -0.2) is 4.98 Å². The fourth-order valence-corrected chi connectivity index (χ4v) is 3.40. The first-order valence-electron chi connectivity index (χ1n) is 7.98. The third-order valence-corrected chi connectivity index (χ3v) is 4.87. The van der Waals surface area contributed by atoms with Crippen molar-refractivity contribution in [3.8, 4) is 11.1 Å². The average Bonchev–Trinajstić information content (AvgIpc) is 2.56. The minimum absolute atomic E-state index is 0.428. The number of rotatable bonds is 3. The first-order valence-corrected chi connectivity index (χ1v) is 7.98. The first kappa shape index (κ1) is 14.2. The van der Waals surface area contributed by atoms with Gasteiger partial charge in [0.25, 0.3) is 0 Å². The van der Waals surface area contributed by atoms with Crippen molar-refractivity contribution in [2.45, 2.75) is 44.9 Å². The lowest BCUT2D eigenvalue weighted by molar-refractivity contribution is 0.319. The maximum absolute atomic E-state index is 12.9. The van der Waals surface area contributed by atoms with Crippen LogP contribution in [0.15, 0.2) is 42.6 Å². The van der Waals surface area contributed by atoms with E-state index >= 15 is 0 Å². The molecule has 0 spiro atoms. The molecule has 1 aliphatic carbocycles. The summed E-state index contributed by atoms with van der Waals surface area (Å²) in [5.41, 5.74) is 3.52. The fourth-order valence-electron chi connectivity index (χ4n) is 3.40. The predicted molar refractivity (Wildman–Crippen MR) is 84.6 cm³/mol. The molecular formula is C19H22FN. The highest BCUT2D eigenvalue weighted by Crippen LogP contribution is 2.37. The lowest BCUT2D eigenvalue weighted by Gasteiger charge is -2.28. The Morgan fingerprint density at radius 2 is 1.62 bits per heavy atom. The van der Waals surface area contributed by atoms with Gasteiger partial charge in [-0.2, -0.15) is 4.39 Å². The number of halogens is 1. The molecule has 0 N–H and O–H groups in total. The van der Waals surface area contributed by atoms with E-state index in [1.165, 1.54) is 43.7 Å². The topological polar surface area (TPSA) is 12.9 Å². The molecular weight excluding hydrogens is 261 g/mol. The summed E-state index contributed by atoms with van der Waals surface area (Å²) in [6.45, 7) is 2.30. The minimum Gasteiger partial charge on any atom is -0.228 e. The van der Waals surface area contributed by atoms with Crippen LogP contribution in [-0.4, -0.2) is 4.98 Å². The molecule has 2 aromatic rings. The van der Waals surface area contributed by atoms with Gasteiger partial charge >= 0.3 is 0 Å². The van der Waals surface area contributed by atoms with Gasteiger partial charge in [-0.15, -0.1) is 0 Å². The van der Waals surface area contributed by atoms with Crippen LogP contribution in [0.1, 0.15) is 50.5 Å². The van der Waals surface area contributed by atoms with Crippen molar-refractivity contribution in [1.29, 1.82) is 0 Å². The molecule has 1 aromatic carbocycles. The van der Waals surface area contributed by atoms with Crippen LogP contribution in [0, 0.1) is 11.9 Å². The Kier molecular flexibility index (Phi) is 4.33. The number of nitrogens with zero attached hydrogens (tertiary/aromatic N) is 1. The summed E-state index contributed by atoms with van der Waals surface area (Å²) in [6, 6.07) is 11.9. The summed E-state index contributed by atoms with van der Waals surface area (Å²) < 4.78 is 12.9. The molecule has 3 rings (SSSR count). The Morgan fingerprint density at radius 1 is 0.952 bits per heavy atom. The molecule has 0 atom stereocenters. The van der Waals surface area contributed by atoms with Crippen LogP contribution in [0.4, 0.5) is 4.39 Å². The van der Waals surface area contributed by atoms with Gasteiger partial charge in [0.15, 0.2) is 0 Å². The Morgan fingerprint density at radius 3 is 2.19 bits per heavy atom. The van der Waals surface area contributed by atoms with Crippen LogP contribution in [0.5, 0.6) is 0 Å². The maximum atomic E-state index is 12.9. The normalized spacial score (nSPS) is 22.2. The number of pyridine rings is 1. The van der Waals surface area contributed by atoms with Crippen molar-refractivity contribution in [3.05, 3.63) is 54.1 Å². The number of hydrogen-bond donors (Lipinski definition) is 0. The van der Waals surface area contributed by atoms with Gasteiger partial charge in [-0.1, -0.05) is 37.6 Å². The third kappa shape index (κ3) is 3.31. The molecule has 2 heteroatoms. The van der Waals surface area contributed by atoms with Crippen LogP contribution in [0.25, 0.3) is 11.1 Å². The SMILES string of the molecule is CCC1CCC(c2ccc(-c3ccc(F)nc3)cc2)CC1. The van der Waals surface area contributed by atoms with Crippen molar-refractivity contribution < 1.29 is 4.39 Å². The highest BCUT2D eigenvalue weighted by atomic mass is 19.1. The Balaban J connectivity index is 1.71. The summed E-state index contributed by atoms with van der Waals surface area (Å²) in [5, 5.41) is 0. The second kappa shape index (κ2) is 6.38. The number of hydrogen-bond acceptors (Lipinski definition) is 1. The monoisotopic (exact) mass is 283 g/mol. The second-order valence-corrected chi connectivity index (χ2v) is 6.12. The van der Waals surface area contributed by atoms with E-state index in [1.807, 2.05) is 0 Å². The van der Waals surface area contributed by atoms with Crippen molar-refractivity contribution >= 4 is 0 Å². The summed E-state index contributed by atoms with van der Waals surface area (Å²) in [4.78, 5) is 3.72. The van der Waals surface area contributed by atoms with E-state index < -0.39 is 5.95 Å². The molecule has 0 unspecified atom stereocenters. The molecule has 0 saturated heterocycles. The molecule has 1 saturated carbocycles. The fraction of sp³-hybridized carbons (Fsp3) is 0.421. The van der Waals surface area contributed by atoms with Gasteiger partial charge in [0.2, 0.25) is 5.95 Å². The molecule has 1 nitrogen and oxygen atoms in total. The van der Waals surface area contributed by atoms with Crippen molar-refractivity contribution in [2.24, 2.45) is 5.92 Å². The Hall–Kier alpha value is -1.70. The van der Waals surface area contributed by atoms with Crippen LogP contribution in [0.2, 0.25) is 0 Å². The highest BCUT2D eigenvalue weighted by Gasteiger charge is 2.21. The molecule has 1 aromatic heterocycles. The smallest absolute Gasteiger partial charge is 0.212 e. The lowest BCUT2D eigenvalue weighted by atomic mass is 9.78. The first-order chi connectivity index (χ1) is 10.3. The van der Waals surface area contributed by atoms with Gasteiger partial charge < -0.3 is 0 Å². The summed E-state index contributed by atoms with van der Waals surface area (Å²) in [5.74, 6) is 1.22. The molecule has 0 radical (unpaired) electrons. The van der Waals surface area contributed by atoms with E-state index in [1.54, 1.807) is 12.3 Å². The lowest BCUT2D eigenvalue weighted by Crippen LogP contribution is -2.12. The molecule has 0 amide bonds. The molecule has 0 bridgehead atoms. The van der Waals surface area contributed by atoms with Crippen LogP contribution in [0.3, 0.4) is 0 Å². The molecule has 1 heterocycles. The van der Waals surface area contributed by atoms with Crippen molar-refractivity contribution in [1.82, 2.24) is 4.98 Å². The third-order valence-electron chi connectivity index (χ3n) is 4.87. The maximum Gasteiger partial charge on any atom is 0.212 e. The van der Waals surface area contributed by atoms with E-state index in [0.29, 0.717) is 5.92 Å². The standard InChI is InChI=1S/C19H22FN/c1-2-14-3-5-15(6-4-14)16-7-9-17(10-8-16)18-11-12-19(20)21-13-18/h7-15H,2-6H2,1H3. The summed E-state index contributed by atoms with van der Waals surface area (Å²) >= 11 is 0. The highest BCUT2D eigenvalue weighted by molar-refractivity contribution is 5.62. The van der Waals surface area contributed by atoms with Gasteiger partial charge in [-0.05, 0) is 60.8 Å². The van der Waals surface area contributed by atoms with Gasteiger partial charge in [0.1, 0.15) is 0 Å². The molecule has 21 heavy (non-hydrogen) atoms. The zero-order valence-corrected chi connectivity index (χ0v) is 12.6. The Bertz CT molecular complexity index is 566. The average molecular weight is 283 g/mol. The van der Waals surface area contributed by atoms with Gasteiger partial charge in [0, 0.05) is 11.8 Å². The quantitative estimate of drug-likeness (QED) is 0.671. The molecule has 0 aliphatic heterocycles. The van der Waals surface area contributed by atoms with E-state index in [4.69, 9.17) is 0 Å². The predicted octanol–water partition coefficient (Wildman–Crippen LogP) is 5.57.